The standard InChI is InChI=1S/C14H15BrO3/c15-12-6-4-11(5-7-12)13(16)9-18-14(17)8-10-2-1-3-10/h4-7,10H,1-3,8-9H2. The van der Waals surface area contributed by atoms with Crippen LogP contribution in [0.1, 0.15) is 36.0 Å². The summed E-state index contributed by atoms with van der Waals surface area (Å²) in [5.74, 6) is 0.0508. The Balaban J connectivity index is 1.76. The molecule has 0 unspecified atom stereocenters. The highest BCUT2D eigenvalue weighted by Crippen LogP contribution is 2.29. The molecule has 0 atom stereocenters. The number of ether oxygens (including phenoxy) is 1. The van der Waals surface area contributed by atoms with Gasteiger partial charge in [-0.15, -0.1) is 0 Å². The van der Waals surface area contributed by atoms with E-state index in [1.807, 2.05) is 0 Å². The first-order valence-electron chi connectivity index (χ1n) is 6.09. The minimum absolute atomic E-state index is 0.160. The van der Waals surface area contributed by atoms with Crippen molar-refractivity contribution in [3.63, 3.8) is 0 Å². The lowest BCUT2D eigenvalue weighted by atomic mass is 9.83. The molecule has 0 heterocycles. The van der Waals surface area contributed by atoms with Gasteiger partial charge in [-0.25, -0.2) is 0 Å². The normalized spacial score (nSPS) is 14.9. The Morgan fingerprint density at radius 1 is 1.22 bits per heavy atom. The second kappa shape index (κ2) is 6.14. The van der Waals surface area contributed by atoms with E-state index in [4.69, 9.17) is 4.74 Å². The minimum Gasteiger partial charge on any atom is -0.457 e. The van der Waals surface area contributed by atoms with E-state index in [0.717, 1.165) is 17.3 Å². The van der Waals surface area contributed by atoms with Crippen LogP contribution < -0.4 is 0 Å². The molecule has 0 radical (unpaired) electrons. The Labute approximate surface area is 115 Å². The summed E-state index contributed by atoms with van der Waals surface area (Å²) >= 11 is 3.30. The molecule has 4 heteroatoms. The molecule has 1 aromatic rings. The topological polar surface area (TPSA) is 43.4 Å². The van der Waals surface area contributed by atoms with Gasteiger partial charge in [-0.1, -0.05) is 34.5 Å². The average molecular weight is 311 g/mol. The molecule has 0 spiro atoms. The first-order valence-corrected chi connectivity index (χ1v) is 6.89. The van der Waals surface area contributed by atoms with Gasteiger partial charge in [-0.3, -0.25) is 9.59 Å². The van der Waals surface area contributed by atoms with E-state index in [-0.39, 0.29) is 18.4 Å². The van der Waals surface area contributed by atoms with Crippen LogP contribution in [-0.2, 0) is 9.53 Å². The van der Waals surface area contributed by atoms with Crippen LogP contribution in [0.2, 0.25) is 0 Å². The summed E-state index contributed by atoms with van der Waals surface area (Å²) in [5.41, 5.74) is 0.564. The highest BCUT2D eigenvalue weighted by molar-refractivity contribution is 9.10. The van der Waals surface area contributed by atoms with Crippen LogP contribution in [0.3, 0.4) is 0 Å². The van der Waals surface area contributed by atoms with Crippen LogP contribution in [0.15, 0.2) is 28.7 Å². The minimum atomic E-state index is -0.259. The van der Waals surface area contributed by atoms with Crippen molar-refractivity contribution < 1.29 is 14.3 Å². The quantitative estimate of drug-likeness (QED) is 0.618. The van der Waals surface area contributed by atoms with Gasteiger partial charge in [0, 0.05) is 16.5 Å². The van der Waals surface area contributed by atoms with Gasteiger partial charge in [0.05, 0.1) is 0 Å². The number of esters is 1. The van der Waals surface area contributed by atoms with Crippen molar-refractivity contribution >= 4 is 27.7 Å². The number of ketones is 1. The molecular weight excluding hydrogens is 296 g/mol. The molecule has 18 heavy (non-hydrogen) atoms. The fourth-order valence-electron chi connectivity index (χ4n) is 1.86. The summed E-state index contributed by atoms with van der Waals surface area (Å²) in [7, 11) is 0. The molecule has 1 aliphatic carbocycles. The zero-order valence-corrected chi connectivity index (χ0v) is 11.6. The molecule has 2 rings (SSSR count). The molecule has 96 valence electrons. The van der Waals surface area contributed by atoms with Gasteiger partial charge in [0.2, 0.25) is 0 Å². The molecule has 1 fully saturated rings. The van der Waals surface area contributed by atoms with Gasteiger partial charge in [0.15, 0.2) is 12.4 Å². The summed E-state index contributed by atoms with van der Waals surface area (Å²) in [6, 6.07) is 7.02. The van der Waals surface area contributed by atoms with Gasteiger partial charge < -0.3 is 4.74 Å². The Kier molecular flexibility index (Phi) is 4.53. The molecular formula is C14H15BrO3. The van der Waals surface area contributed by atoms with Crippen molar-refractivity contribution in [2.45, 2.75) is 25.7 Å². The maximum atomic E-state index is 11.7. The third-order valence-corrected chi connectivity index (χ3v) is 3.74. The summed E-state index contributed by atoms with van der Waals surface area (Å²) < 4.78 is 5.91. The van der Waals surface area contributed by atoms with Crippen molar-refractivity contribution in [3.05, 3.63) is 34.3 Å². The lowest BCUT2D eigenvalue weighted by Gasteiger charge is -2.23. The summed E-state index contributed by atoms with van der Waals surface area (Å²) in [4.78, 5) is 23.2. The van der Waals surface area contributed by atoms with Crippen LogP contribution >= 0.6 is 15.9 Å². The monoisotopic (exact) mass is 310 g/mol. The maximum Gasteiger partial charge on any atom is 0.306 e. The number of carbonyl (C=O) groups excluding carboxylic acids is 2. The van der Waals surface area contributed by atoms with E-state index < -0.39 is 0 Å². The zero-order chi connectivity index (χ0) is 13.0. The predicted octanol–water partition coefficient (Wildman–Crippen LogP) is 3.37. The Morgan fingerprint density at radius 3 is 2.44 bits per heavy atom. The van der Waals surface area contributed by atoms with E-state index in [9.17, 15) is 9.59 Å². The molecule has 0 bridgehead atoms. The Morgan fingerprint density at radius 2 is 1.89 bits per heavy atom. The van der Waals surface area contributed by atoms with Gasteiger partial charge in [0.25, 0.3) is 0 Å². The van der Waals surface area contributed by atoms with Gasteiger partial charge in [0.1, 0.15) is 0 Å². The third-order valence-electron chi connectivity index (χ3n) is 3.21. The summed E-state index contributed by atoms with van der Waals surface area (Å²) in [5, 5.41) is 0. The van der Waals surface area contributed by atoms with Gasteiger partial charge in [-0.2, -0.15) is 0 Å². The Hall–Kier alpha value is -1.16. The average Bonchev–Trinajstić information content (AvgIpc) is 2.32. The number of Topliss-reactive ketones (excluding diaryl/α,β-unsaturated/α-hetero) is 1. The molecule has 1 aliphatic rings. The number of rotatable bonds is 5. The van der Waals surface area contributed by atoms with Gasteiger partial charge >= 0.3 is 5.97 Å². The van der Waals surface area contributed by atoms with Gasteiger partial charge in [-0.05, 0) is 30.9 Å². The molecule has 1 saturated carbocycles. The van der Waals surface area contributed by atoms with E-state index in [2.05, 4.69) is 15.9 Å². The second-order valence-electron chi connectivity index (χ2n) is 4.59. The first-order chi connectivity index (χ1) is 8.65. The van der Waals surface area contributed by atoms with Crippen LogP contribution in [0.25, 0.3) is 0 Å². The first kappa shape index (κ1) is 13.3. The molecule has 0 amide bonds. The Bertz CT molecular complexity index is 435. The second-order valence-corrected chi connectivity index (χ2v) is 5.51. The lowest BCUT2D eigenvalue weighted by molar-refractivity contribution is -0.144. The van der Waals surface area contributed by atoms with Crippen molar-refractivity contribution in [1.82, 2.24) is 0 Å². The molecule has 1 aromatic carbocycles. The number of hydrogen-bond acceptors (Lipinski definition) is 3. The van der Waals surface area contributed by atoms with E-state index in [0.29, 0.717) is 17.9 Å². The van der Waals surface area contributed by atoms with Crippen LogP contribution in [0.4, 0.5) is 0 Å². The van der Waals surface area contributed by atoms with Crippen molar-refractivity contribution in [2.24, 2.45) is 5.92 Å². The third kappa shape index (κ3) is 3.67. The number of benzene rings is 1. The van der Waals surface area contributed by atoms with E-state index in [1.165, 1.54) is 6.42 Å². The summed E-state index contributed by atoms with van der Waals surface area (Å²) in [6.45, 7) is -0.160. The lowest BCUT2D eigenvalue weighted by Crippen LogP contribution is -2.20. The smallest absolute Gasteiger partial charge is 0.306 e. The zero-order valence-electron chi connectivity index (χ0n) is 10.0. The van der Waals surface area contributed by atoms with E-state index >= 15 is 0 Å². The highest BCUT2D eigenvalue weighted by Gasteiger charge is 2.21. The largest absolute Gasteiger partial charge is 0.457 e. The van der Waals surface area contributed by atoms with E-state index in [1.54, 1.807) is 24.3 Å². The number of hydrogen-bond donors (Lipinski definition) is 0. The van der Waals surface area contributed by atoms with Crippen molar-refractivity contribution in [2.75, 3.05) is 6.61 Å². The highest BCUT2D eigenvalue weighted by atomic mass is 79.9. The van der Waals surface area contributed by atoms with Crippen LogP contribution in [0, 0.1) is 5.92 Å². The SMILES string of the molecule is O=C(CC1CCC1)OCC(=O)c1ccc(Br)cc1. The van der Waals surface area contributed by atoms with Crippen LogP contribution in [0.5, 0.6) is 0 Å². The molecule has 0 N–H and O–H groups in total. The van der Waals surface area contributed by atoms with Crippen molar-refractivity contribution in [1.29, 1.82) is 0 Å². The maximum absolute atomic E-state index is 11.7. The predicted molar refractivity (Wildman–Crippen MR) is 71.4 cm³/mol. The van der Waals surface area contributed by atoms with Crippen molar-refractivity contribution in [3.8, 4) is 0 Å². The van der Waals surface area contributed by atoms with Crippen LogP contribution in [-0.4, -0.2) is 18.4 Å². The number of halogens is 1. The molecule has 0 aliphatic heterocycles. The molecule has 0 saturated heterocycles. The summed E-state index contributed by atoms with van der Waals surface area (Å²) in [6.07, 6.45) is 3.87. The molecule has 0 aromatic heterocycles. The fraction of sp³-hybridized carbons (Fsp3) is 0.429. The number of carbonyl (C=O) groups is 2. The molecule has 3 nitrogen and oxygen atoms in total. The fourth-order valence-corrected chi connectivity index (χ4v) is 2.12.